The fourth-order valence-corrected chi connectivity index (χ4v) is 3.65. The minimum Gasteiger partial charge on any atom is -0.497 e. The maximum absolute atomic E-state index is 11.2. The zero-order chi connectivity index (χ0) is 18.2. The summed E-state index contributed by atoms with van der Waals surface area (Å²) in [4.78, 5) is 0. The number of hydrogen-bond acceptors (Lipinski definition) is 3. The molecule has 0 heterocycles. The van der Waals surface area contributed by atoms with Crippen molar-refractivity contribution in [2.75, 3.05) is 14.2 Å². The van der Waals surface area contributed by atoms with Crippen molar-refractivity contribution in [2.24, 2.45) is 0 Å². The Morgan fingerprint density at radius 3 is 1.54 bits per heavy atom. The summed E-state index contributed by atoms with van der Waals surface area (Å²) in [6.45, 7) is 12.2. The summed E-state index contributed by atoms with van der Waals surface area (Å²) in [5.41, 5.74) is 8.31. The molecule has 24 heavy (non-hydrogen) atoms. The summed E-state index contributed by atoms with van der Waals surface area (Å²) in [5.74, 6) is 1.72. The van der Waals surface area contributed by atoms with E-state index < -0.39 is 6.10 Å². The zero-order valence-electron chi connectivity index (χ0n) is 16.0. The first-order chi connectivity index (χ1) is 11.2. The Morgan fingerprint density at radius 1 is 0.708 bits per heavy atom. The van der Waals surface area contributed by atoms with E-state index in [1.165, 1.54) is 0 Å². The van der Waals surface area contributed by atoms with Crippen LogP contribution in [-0.4, -0.2) is 19.3 Å². The van der Waals surface area contributed by atoms with E-state index in [1.807, 2.05) is 39.8 Å². The van der Waals surface area contributed by atoms with Crippen LogP contribution in [0.4, 0.5) is 0 Å². The number of aryl methyl sites for hydroxylation is 2. The number of aliphatic hydroxyl groups excluding tert-OH is 1. The Bertz CT molecular complexity index is 723. The van der Waals surface area contributed by atoms with Gasteiger partial charge in [-0.05, 0) is 98.2 Å². The van der Waals surface area contributed by atoms with Crippen LogP contribution >= 0.6 is 0 Å². The van der Waals surface area contributed by atoms with Gasteiger partial charge in [-0.1, -0.05) is 0 Å². The predicted octanol–water partition coefficient (Wildman–Crippen LogP) is 4.64. The molecule has 0 aliphatic carbocycles. The van der Waals surface area contributed by atoms with Crippen molar-refractivity contribution in [1.29, 1.82) is 0 Å². The van der Waals surface area contributed by atoms with Gasteiger partial charge in [0.2, 0.25) is 0 Å². The number of rotatable bonds is 4. The molecule has 2 aromatic carbocycles. The lowest BCUT2D eigenvalue weighted by molar-refractivity contribution is 0.216. The molecule has 1 unspecified atom stereocenters. The summed E-state index contributed by atoms with van der Waals surface area (Å²) in [6, 6.07) is 3.94. The van der Waals surface area contributed by atoms with Gasteiger partial charge in [-0.15, -0.1) is 0 Å². The maximum atomic E-state index is 11.2. The van der Waals surface area contributed by atoms with Crippen LogP contribution in [0.5, 0.6) is 11.5 Å². The van der Waals surface area contributed by atoms with Crippen molar-refractivity contribution in [3.05, 3.63) is 56.6 Å². The van der Waals surface area contributed by atoms with Gasteiger partial charge in [0.15, 0.2) is 0 Å². The molecule has 0 aliphatic heterocycles. The molecule has 2 rings (SSSR count). The van der Waals surface area contributed by atoms with Crippen molar-refractivity contribution in [3.8, 4) is 11.5 Å². The van der Waals surface area contributed by atoms with Gasteiger partial charge in [0.05, 0.1) is 14.2 Å². The molecule has 0 aliphatic rings. The molecule has 0 spiro atoms. The van der Waals surface area contributed by atoms with Gasteiger partial charge >= 0.3 is 0 Å². The highest BCUT2D eigenvalue weighted by Gasteiger charge is 2.24. The highest BCUT2D eigenvalue weighted by Crippen LogP contribution is 2.39. The largest absolute Gasteiger partial charge is 0.497 e. The Labute approximate surface area is 145 Å². The molecule has 1 N–H and O–H groups in total. The average Bonchev–Trinajstić information content (AvgIpc) is 2.53. The van der Waals surface area contributed by atoms with E-state index in [2.05, 4.69) is 13.8 Å². The van der Waals surface area contributed by atoms with E-state index >= 15 is 0 Å². The lowest BCUT2D eigenvalue weighted by Gasteiger charge is -2.25. The second-order valence-electron chi connectivity index (χ2n) is 6.52. The standard InChI is InChI=1S/C21H28O3/c1-11-9-17(23-7)10-12(2)18(11)20(22)19-13(3)15(5)21(24-8)16(6)14(19)4/h9-10,20,22H,1-8H3. The van der Waals surface area contributed by atoms with Crippen LogP contribution in [0.15, 0.2) is 12.1 Å². The first-order valence-electron chi connectivity index (χ1n) is 8.21. The van der Waals surface area contributed by atoms with E-state index in [4.69, 9.17) is 9.47 Å². The SMILES string of the molecule is COc1cc(C)c(C(O)c2c(C)c(C)c(OC)c(C)c2C)c(C)c1. The van der Waals surface area contributed by atoms with Gasteiger partial charge in [0, 0.05) is 0 Å². The summed E-state index contributed by atoms with van der Waals surface area (Å²) in [5, 5.41) is 11.2. The molecule has 0 aromatic heterocycles. The van der Waals surface area contributed by atoms with E-state index in [-0.39, 0.29) is 0 Å². The minimum absolute atomic E-state index is 0.667. The molecule has 2 aromatic rings. The average molecular weight is 328 g/mol. The van der Waals surface area contributed by atoms with E-state index in [1.54, 1.807) is 14.2 Å². The predicted molar refractivity (Wildman–Crippen MR) is 98.5 cm³/mol. The van der Waals surface area contributed by atoms with E-state index in [0.29, 0.717) is 0 Å². The molecule has 3 nitrogen and oxygen atoms in total. The van der Waals surface area contributed by atoms with Crippen molar-refractivity contribution in [2.45, 2.75) is 47.6 Å². The van der Waals surface area contributed by atoms with Crippen molar-refractivity contribution in [3.63, 3.8) is 0 Å². The van der Waals surface area contributed by atoms with Crippen LogP contribution in [0.3, 0.4) is 0 Å². The number of methoxy groups -OCH3 is 2. The Kier molecular flexibility index (Phi) is 5.24. The molecule has 0 saturated carbocycles. The first-order valence-corrected chi connectivity index (χ1v) is 8.21. The molecule has 0 fully saturated rings. The molecule has 130 valence electrons. The molecular formula is C21H28O3. The molecule has 0 radical (unpaired) electrons. The van der Waals surface area contributed by atoms with Gasteiger partial charge in [0.1, 0.15) is 17.6 Å². The zero-order valence-corrected chi connectivity index (χ0v) is 16.0. The second kappa shape index (κ2) is 6.86. The van der Waals surface area contributed by atoms with Crippen LogP contribution in [-0.2, 0) is 0 Å². The van der Waals surface area contributed by atoms with Gasteiger partial charge in [0.25, 0.3) is 0 Å². The highest BCUT2D eigenvalue weighted by atomic mass is 16.5. The van der Waals surface area contributed by atoms with E-state index in [9.17, 15) is 5.11 Å². The summed E-state index contributed by atoms with van der Waals surface area (Å²) >= 11 is 0. The third-order valence-electron chi connectivity index (χ3n) is 5.17. The molecule has 0 amide bonds. The summed E-state index contributed by atoms with van der Waals surface area (Å²) in [7, 11) is 3.36. The van der Waals surface area contributed by atoms with Crippen molar-refractivity contribution >= 4 is 0 Å². The number of aliphatic hydroxyl groups is 1. The molecular weight excluding hydrogens is 300 g/mol. The van der Waals surface area contributed by atoms with Gasteiger partial charge in [-0.25, -0.2) is 0 Å². The molecule has 3 heteroatoms. The topological polar surface area (TPSA) is 38.7 Å². The quantitative estimate of drug-likeness (QED) is 0.889. The minimum atomic E-state index is -0.667. The second-order valence-corrected chi connectivity index (χ2v) is 6.52. The number of ether oxygens (including phenoxy) is 2. The lowest BCUT2D eigenvalue weighted by Crippen LogP contribution is -2.11. The summed E-state index contributed by atoms with van der Waals surface area (Å²) in [6.07, 6.45) is -0.667. The van der Waals surface area contributed by atoms with Crippen LogP contribution in [0, 0.1) is 41.5 Å². The van der Waals surface area contributed by atoms with E-state index in [0.717, 1.165) is 56.0 Å². The third-order valence-corrected chi connectivity index (χ3v) is 5.17. The van der Waals surface area contributed by atoms with Crippen LogP contribution in [0.1, 0.15) is 50.6 Å². The third kappa shape index (κ3) is 2.89. The van der Waals surface area contributed by atoms with Crippen LogP contribution in [0.25, 0.3) is 0 Å². The Hall–Kier alpha value is -2.00. The van der Waals surface area contributed by atoms with Gasteiger partial charge < -0.3 is 14.6 Å². The van der Waals surface area contributed by atoms with Crippen LogP contribution in [0.2, 0.25) is 0 Å². The molecule has 0 bridgehead atoms. The Balaban J connectivity index is 2.70. The van der Waals surface area contributed by atoms with Gasteiger partial charge in [-0.2, -0.15) is 0 Å². The van der Waals surface area contributed by atoms with Crippen molar-refractivity contribution in [1.82, 2.24) is 0 Å². The number of benzene rings is 2. The first kappa shape index (κ1) is 18.3. The summed E-state index contributed by atoms with van der Waals surface area (Å²) < 4.78 is 10.9. The number of hydrogen-bond donors (Lipinski definition) is 1. The monoisotopic (exact) mass is 328 g/mol. The normalized spacial score (nSPS) is 12.2. The maximum Gasteiger partial charge on any atom is 0.125 e. The van der Waals surface area contributed by atoms with Gasteiger partial charge in [-0.3, -0.25) is 0 Å². The highest BCUT2D eigenvalue weighted by molar-refractivity contribution is 5.57. The molecule has 1 atom stereocenters. The van der Waals surface area contributed by atoms with Crippen LogP contribution < -0.4 is 9.47 Å². The Morgan fingerprint density at radius 2 is 1.17 bits per heavy atom. The fraction of sp³-hybridized carbons (Fsp3) is 0.429. The lowest BCUT2D eigenvalue weighted by atomic mass is 9.85. The smallest absolute Gasteiger partial charge is 0.125 e. The fourth-order valence-electron chi connectivity index (χ4n) is 3.65. The van der Waals surface area contributed by atoms with Crippen molar-refractivity contribution < 1.29 is 14.6 Å². The molecule has 0 saturated heterocycles.